The number of nitrogens with zero attached hydrogens (tertiary/aromatic N) is 5. The number of carboxylic acids is 1. The number of rotatable bonds is 14. The zero-order chi connectivity index (χ0) is 28.5. The molecular weight excluding hydrogens is 492 g/mol. The third-order valence-electron chi connectivity index (χ3n) is 5.27. The maximum atomic E-state index is 12.4. The van der Waals surface area contributed by atoms with Crippen molar-refractivity contribution in [3.8, 4) is 0 Å². The van der Waals surface area contributed by atoms with Crippen LogP contribution in [0.25, 0.3) is 0 Å². The summed E-state index contributed by atoms with van der Waals surface area (Å²) in [5.41, 5.74) is 4.44. The first-order valence-electron chi connectivity index (χ1n) is 12.7. The summed E-state index contributed by atoms with van der Waals surface area (Å²) in [7, 11) is 0. The second-order valence-electron chi connectivity index (χ2n) is 11.2. The molecule has 210 valence electrons. The molecule has 0 saturated heterocycles. The Kier molecular flexibility index (Phi) is 10.9. The fourth-order valence-corrected chi connectivity index (χ4v) is 3.67. The van der Waals surface area contributed by atoms with E-state index in [4.69, 9.17) is 20.3 Å². The van der Waals surface area contributed by atoms with Gasteiger partial charge in [0.25, 0.3) is 5.84 Å². The van der Waals surface area contributed by atoms with E-state index in [-0.39, 0.29) is 25.0 Å². The molecule has 1 atom stereocenters. The lowest BCUT2D eigenvalue weighted by molar-refractivity contribution is -0.156. The van der Waals surface area contributed by atoms with E-state index in [1.807, 2.05) is 41.5 Å². The number of aliphatic carboxylic acids is 1. The van der Waals surface area contributed by atoms with Crippen molar-refractivity contribution in [2.75, 3.05) is 19.6 Å². The minimum Gasteiger partial charge on any atom is -0.480 e. The fourth-order valence-electron chi connectivity index (χ4n) is 3.67. The van der Waals surface area contributed by atoms with Crippen LogP contribution in [0.15, 0.2) is 23.6 Å². The van der Waals surface area contributed by atoms with Crippen molar-refractivity contribution in [3.05, 3.63) is 30.6 Å². The number of carbonyl (C=O) groups excluding carboxylic acids is 2. The maximum absolute atomic E-state index is 12.4. The van der Waals surface area contributed by atoms with Gasteiger partial charge in [-0.05, 0) is 54.4 Å². The normalized spacial score (nSPS) is 14.3. The van der Waals surface area contributed by atoms with E-state index in [0.29, 0.717) is 50.6 Å². The van der Waals surface area contributed by atoms with Crippen molar-refractivity contribution in [3.63, 3.8) is 0 Å². The van der Waals surface area contributed by atoms with Gasteiger partial charge in [0.2, 0.25) is 6.20 Å². The molecule has 12 nitrogen and oxygen atoms in total. The summed E-state index contributed by atoms with van der Waals surface area (Å²) in [4.78, 5) is 48.3. The molecule has 0 unspecified atom stereocenters. The van der Waals surface area contributed by atoms with Gasteiger partial charge in [0.15, 0.2) is 6.20 Å². The van der Waals surface area contributed by atoms with Crippen LogP contribution in [0.4, 0.5) is 0 Å². The lowest BCUT2D eigenvalue weighted by Crippen LogP contribution is -2.41. The number of imidazole rings is 1. The Labute approximate surface area is 224 Å². The SMILES string of the molecule is CC(C)(C)OC(=O)CN1C=[C+]N=C1CN(CCCC[C@H](N)C(=O)O)Cc1nccn1CC(=O)OC(C)(C)C. The van der Waals surface area contributed by atoms with Crippen LogP contribution in [0.3, 0.4) is 0 Å². The fraction of sp³-hybridized carbons (Fsp3) is 0.654. The van der Waals surface area contributed by atoms with Crippen molar-refractivity contribution in [2.24, 2.45) is 10.7 Å². The summed E-state index contributed by atoms with van der Waals surface area (Å²) in [6.07, 6.45) is 9.42. The van der Waals surface area contributed by atoms with Crippen molar-refractivity contribution < 1.29 is 29.0 Å². The molecule has 0 spiro atoms. The summed E-state index contributed by atoms with van der Waals surface area (Å²) >= 11 is 0. The highest BCUT2D eigenvalue weighted by Crippen LogP contribution is 2.14. The average Bonchev–Trinajstić information content (AvgIpc) is 3.37. The molecule has 0 radical (unpaired) electrons. The van der Waals surface area contributed by atoms with E-state index in [0.717, 1.165) is 0 Å². The van der Waals surface area contributed by atoms with Gasteiger partial charge < -0.3 is 24.9 Å². The van der Waals surface area contributed by atoms with Gasteiger partial charge in [-0.2, -0.15) is 0 Å². The highest BCUT2D eigenvalue weighted by atomic mass is 16.6. The van der Waals surface area contributed by atoms with E-state index < -0.39 is 23.2 Å². The molecule has 0 aliphatic carbocycles. The lowest BCUT2D eigenvalue weighted by Gasteiger charge is -2.24. The van der Waals surface area contributed by atoms with Gasteiger partial charge in [0.05, 0.1) is 6.54 Å². The number of aromatic nitrogens is 2. The number of unbranched alkanes of at least 4 members (excludes halogenated alkanes) is 1. The number of aliphatic imine (C=N–C) groups is 1. The van der Waals surface area contributed by atoms with Gasteiger partial charge in [-0.1, -0.05) is 6.42 Å². The summed E-state index contributed by atoms with van der Waals surface area (Å²) in [6.45, 7) is 12.2. The number of hydrogen-bond donors (Lipinski definition) is 2. The van der Waals surface area contributed by atoms with Crippen LogP contribution >= 0.6 is 0 Å². The molecule has 38 heavy (non-hydrogen) atoms. The van der Waals surface area contributed by atoms with Crippen LogP contribution in [0, 0.1) is 6.20 Å². The van der Waals surface area contributed by atoms with Gasteiger partial charge in [0, 0.05) is 23.9 Å². The molecule has 0 amide bonds. The minimum absolute atomic E-state index is 0.00230. The average molecular weight is 534 g/mol. The van der Waals surface area contributed by atoms with Crippen LogP contribution in [-0.2, 0) is 36.9 Å². The molecule has 12 heteroatoms. The summed E-state index contributed by atoms with van der Waals surface area (Å²) in [5.74, 6) is -0.498. The Balaban J connectivity index is 2.09. The molecule has 0 fully saturated rings. The molecule has 1 aromatic rings. The van der Waals surface area contributed by atoms with E-state index in [1.54, 1.807) is 28.1 Å². The first-order chi connectivity index (χ1) is 17.6. The number of ether oxygens (including phenoxy) is 2. The molecule has 2 rings (SSSR count). The van der Waals surface area contributed by atoms with Gasteiger partial charge in [-0.3, -0.25) is 19.3 Å². The topological polar surface area (TPSA) is 153 Å². The molecule has 2 heterocycles. The van der Waals surface area contributed by atoms with Gasteiger partial charge in [-0.25, -0.2) is 9.88 Å². The van der Waals surface area contributed by atoms with E-state index in [1.165, 1.54) is 0 Å². The van der Waals surface area contributed by atoms with Crippen LogP contribution in [0.1, 0.15) is 66.6 Å². The van der Waals surface area contributed by atoms with Gasteiger partial charge in [-0.15, -0.1) is 0 Å². The van der Waals surface area contributed by atoms with Crippen LogP contribution in [0.2, 0.25) is 0 Å². The van der Waals surface area contributed by atoms with E-state index in [2.05, 4.69) is 21.1 Å². The van der Waals surface area contributed by atoms with Crippen molar-refractivity contribution in [1.82, 2.24) is 19.4 Å². The maximum Gasteiger partial charge on any atom is 0.328 e. The van der Waals surface area contributed by atoms with Crippen molar-refractivity contribution in [2.45, 2.75) is 91.1 Å². The van der Waals surface area contributed by atoms with Crippen LogP contribution < -0.4 is 5.73 Å². The zero-order valence-electron chi connectivity index (χ0n) is 23.3. The molecule has 3 N–H and O–H groups in total. The third kappa shape index (κ3) is 11.4. The Morgan fingerprint density at radius 3 is 2.29 bits per heavy atom. The molecule has 1 aliphatic heterocycles. The Bertz CT molecular complexity index is 1020. The largest absolute Gasteiger partial charge is 0.480 e. The Hall–Kier alpha value is -3.34. The summed E-state index contributed by atoms with van der Waals surface area (Å²) < 4.78 is 12.6. The third-order valence-corrected chi connectivity index (χ3v) is 5.27. The molecule has 1 aromatic heterocycles. The van der Waals surface area contributed by atoms with Gasteiger partial charge in [0.1, 0.15) is 42.7 Å². The molecular formula is C26H41N6O6+. The van der Waals surface area contributed by atoms with Crippen LogP contribution in [0.5, 0.6) is 0 Å². The predicted molar refractivity (Wildman–Crippen MR) is 141 cm³/mol. The molecule has 0 aromatic carbocycles. The Morgan fingerprint density at radius 2 is 1.68 bits per heavy atom. The number of esters is 2. The molecule has 1 aliphatic rings. The molecule has 0 saturated carbocycles. The first kappa shape index (κ1) is 30.9. The summed E-state index contributed by atoms with van der Waals surface area (Å²) in [6, 6.07) is -0.904. The Morgan fingerprint density at radius 1 is 1.05 bits per heavy atom. The number of carbonyl (C=O) groups is 3. The highest BCUT2D eigenvalue weighted by molar-refractivity contribution is 5.90. The van der Waals surface area contributed by atoms with Gasteiger partial charge >= 0.3 is 17.9 Å². The summed E-state index contributed by atoms with van der Waals surface area (Å²) in [5, 5.41) is 9.04. The highest BCUT2D eigenvalue weighted by Gasteiger charge is 2.30. The minimum atomic E-state index is -1.02. The number of amidine groups is 1. The molecule has 0 bridgehead atoms. The number of nitrogens with two attached hydrogens (primary N) is 1. The lowest BCUT2D eigenvalue weighted by atomic mass is 10.1. The first-order valence-corrected chi connectivity index (χ1v) is 12.7. The van der Waals surface area contributed by atoms with Crippen molar-refractivity contribution >= 4 is 23.7 Å². The van der Waals surface area contributed by atoms with E-state index in [9.17, 15) is 14.4 Å². The quantitative estimate of drug-likeness (QED) is 0.206. The second-order valence-corrected chi connectivity index (χ2v) is 11.2. The number of hydrogen-bond acceptors (Lipinski definition) is 10. The van der Waals surface area contributed by atoms with Crippen LogP contribution in [-0.4, -0.2) is 85.1 Å². The monoisotopic (exact) mass is 533 g/mol. The predicted octanol–water partition coefficient (Wildman–Crippen LogP) is 1.94. The second kappa shape index (κ2) is 13.5. The number of carboxylic acid groups (broad SMARTS) is 1. The van der Waals surface area contributed by atoms with E-state index >= 15 is 0 Å². The standard InChI is InChI=1S/C26H40N6O6/c1-25(2,3)37-22(33)17-31-13-10-28-20(31)15-30(12-8-7-9-19(27)24(35)36)16-21-29-11-14-32(21)18-23(34)38-26(4,5)6/h10,13-14,19H,7-9,12,15-18,27H2,1-6H3/p+1/t19-/m0/s1. The zero-order valence-corrected chi connectivity index (χ0v) is 23.3. The van der Waals surface area contributed by atoms with Crippen molar-refractivity contribution in [1.29, 1.82) is 0 Å². The smallest absolute Gasteiger partial charge is 0.328 e.